The van der Waals surface area contributed by atoms with Crippen molar-refractivity contribution in [1.29, 1.82) is 0 Å². The molecule has 0 saturated carbocycles. The van der Waals surface area contributed by atoms with Crippen LogP contribution in [0.3, 0.4) is 0 Å². The fourth-order valence-electron chi connectivity index (χ4n) is 2.98. The van der Waals surface area contributed by atoms with Crippen LogP contribution in [0.2, 0.25) is 4.34 Å². The molecule has 0 aliphatic carbocycles. The summed E-state index contributed by atoms with van der Waals surface area (Å²) in [7, 11) is 0. The molecule has 130 valence electrons. The summed E-state index contributed by atoms with van der Waals surface area (Å²) in [6.07, 6.45) is 0. The van der Waals surface area contributed by atoms with Crippen LogP contribution in [0, 0.1) is 0 Å². The molecular formula is C18H19ClN4OS. The molecule has 0 radical (unpaired) electrons. The quantitative estimate of drug-likeness (QED) is 0.680. The SMILES string of the molecule is Clc1ccc(CN2CCN(Cc3nc(-c4ccccc4)no3)CC2)s1. The van der Waals surface area contributed by atoms with Gasteiger partial charge in [0.05, 0.1) is 10.9 Å². The predicted octanol–water partition coefficient (Wildman–Crippen LogP) is 3.77. The Kier molecular flexibility index (Phi) is 5.12. The van der Waals surface area contributed by atoms with E-state index in [1.807, 2.05) is 36.4 Å². The summed E-state index contributed by atoms with van der Waals surface area (Å²) in [5.41, 5.74) is 0.983. The third-order valence-corrected chi connectivity index (χ3v) is 5.55. The zero-order chi connectivity index (χ0) is 17.1. The molecule has 1 fully saturated rings. The van der Waals surface area contributed by atoms with Gasteiger partial charge in [-0.15, -0.1) is 11.3 Å². The number of hydrogen-bond acceptors (Lipinski definition) is 6. The van der Waals surface area contributed by atoms with Crippen LogP contribution in [-0.4, -0.2) is 46.1 Å². The molecule has 0 unspecified atom stereocenters. The van der Waals surface area contributed by atoms with Gasteiger partial charge in [-0.1, -0.05) is 47.1 Å². The van der Waals surface area contributed by atoms with Crippen LogP contribution in [0.1, 0.15) is 10.8 Å². The molecule has 1 aliphatic rings. The van der Waals surface area contributed by atoms with E-state index in [1.165, 1.54) is 4.88 Å². The van der Waals surface area contributed by atoms with Crippen LogP contribution in [0.5, 0.6) is 0 Å². The molecule has 1 saturated heterocycles. The second kappa shape index (κ2) is 7.66. The van der Waals surface area contributed by atoms with Crippen molar-refractivity contribution in [2.75, 3.05) is 26.2 Å². The Morgan fingerprint density at radius 2 is 1.68 bits per heavy atom. The van der Waals surface area contributed by atoms with E-state index in [1.54, 1.807) is 11.3 Å². The van der Waals surface area contributed by atoms with Crippen LogP contribution in [0.15, 0.2) is 47.0 Å². The van der Waals surface area contributed by atoms with Crippen molar-refractivity contribution >= 4 is 22.9 Å². The Balaban J connectivity index is 1.29. The van der Waals surface area contributed by atoms with Gasteiger partial charge in [-0.05, 0) is 12.1 Å². The highest BCUT2D eigenvalue weighted by atomic mass is 35.5. The lowest BCUT2D eigenvalue weighted by atomic mass is 10.2. The summed E-state index contributed by atoms with van der Waals surface area (Å²) in [5.74, 6) is 1.33. The maximum absolute atomic E-state index is 6.01. The number of hydrogen-bond donors (Lipinski definition) is 0. The Labute approximate surface area is 155 Å². The average molecular weight is 375 g/mol. The average Bonchev–Trinajstić information content (AvgIpc) is 3.27. The number of benzene rings is 1. The third-order valence-electron chi connectivity index (χ3n) is 4.33. The predicted molar refractivity (Wildman–Crippen MR) is 99.6 cm³/mol. The molecule has 2 aromatic heterocycles. The minimum absolute atomic E-state index is 0.656. The van der Waals surface area contributed by atoms with Gasteiger partial charge in [-0.2, -0.15) is 4.98 Å². The van der Waals surface area contributed by atoms with Gasteiger partial charge in [0.1, 0.15) is 0 Å². The van der Waals surface area contributed by atoms with E-state index < -0.39 is 0 Å². The monoisotopic (exact) mass is 374 g/mol. The lowest BCUT2D eigenvalue weighted by Crippen LogP contribution is -2.45. The van der Waals surface area contributed by atoms with E-state index in [9.17, 15) is 0 Å². The van der Waals surface area contributed by atoms with Gasteiger partial charge in [-0.25, -0.2) is 0 Å². The number of halogens is 1. The summed E-state index contributed by atoms with van der Waals surface area (Å²) in [6, 6.07) is 14.0. The Hall–Kier alpha value is -1.73. The lowest BCUT2D eigenvalue weighted by Gasteiger charge is -2.33. The molecule has 0 spiro atoms. The van der Waals surface area contributed by atoms with Crippen molar-refractivity contribution in [1.82, 2.24) is 19.9 Å². The molecule has 1 aromatic carbocycles. The van der Waals surface area contributed by atoms with Crippen LogP contribution in [-0.2, 0) is 13.1 Å². The number of aromatic nitrogens is 2. The maximum Gasteiger partial charge on any atom is 0.241 e. The smallest absolute Gasteiger partial charge is 0.241 e. The molecule has 0 N–H and O–H groups in total. The van der Waals surface area contributed by atoms with Gasteiger partial charge in [0, 0.05) is 43.2 Å². The number of piperazine rings is 1. The zero-order valence-corrected chi connectivity index (χ0v) is 15.3. The first-order chi connectivity index (χ1) is 12.3. The van der Waals surface area contributed by atoms with Gasteiger partial charge in [0.15, 0.2) is 0 Å². The van der Waals surface area contributed by atoms with Gasteiger partial charge in [-0.3, -0.25) is 9.80 Å². The summed E-state index contributed by atoms with van der Waals surface area (Å²) in [4.78, 5) is 10.7. The molecule has 1 aliphatic heterocycles. The zero-order valence-electron chi connectivity index (χ0n) is 13.8. The van der Waals surface area contributed by atoms with Crippen molar-refractivity contribution in [2.45, 2.75) is 13.1 Å². The highest BCUT2D eigenvalue weighted by Gasteiger charge is 2.20. The van der Waals surface area contributed by atoms with Crippen molar-refractivity contribution in [3.8, 4) is 11.4 Å². The first kappa shape index (κ1) is 16.7. The van der Waals surface area contributed by atoms with Gasteiger partial charge in [0.2, 0.25) is 11.7 Å². The minimum Gasteiger partial charge on any atom is -0.338 e. The summed E-state index contributed by atoms with van der Waals surface area (Å²) < 4.78 is 6.28. The van der Waals surface area contributed by atoms with Gasteiger partial charge in [0.25, 0.3) is 0 Å². The molecular weight excluding hydrogens is 356 g/mol. The van der Waals surface area contributed by atoms with Gasteiger partial charge >= 0.3 is 0 Å². The first-order valence-corrected chi connectivity index (χ1v) is 9.53. The highest BCUT2D eigenvalue weighted by Crippen LogP contribution is 2.23. The van der Waals surface area contributed by atoms with Crippen molar-refractivity contribution in [3.05, 3.63) is 57.6 Å². The minimum atomic E-state index is 0.656. The van der Waals surface area contributed by atoms with E-state index in [0.717, 1.165) is 42.6 Å². The largest absolute Gasteiger partial charge is 0.338 e. The molecule has 3 aromatic rings. The number of rotatable bonds is 5. The van der Waals surface area contributed by atoms with E-state index in [0.29, 0.717) is 18.3 Å². The normalized spacial score (nSPS) is 16.4. The fraction of sp³-hybridized carbons (Fsp3) is 0.333. The van der Waals surface area contributed by atoms with Crippen LogP contribution >= 0.6 is 22.9 Å². The van der Waals surface area contributed by atoms with E-state index >= 15 is 0 Å². The van der Waals surface area contributed by atoms with Crippen LogP contribution in [0.25, 0.3) is 11.4 Å². The molecule has 0 amide bonds. The Morgan fingerprint density at radius 3 is 2.36 bits per heavy atom. The molecule has 0 atom stereocenters. The third kappa shape index (κ3) is 4.27. The van der Waals surface area contributed by atoms with E-state index in [2.05, 4.69) is 26.0 Å². The van der Waals surface area contributed by atoms with E-state index in [4.69, 9.17) is 16.1 Å². The standard InChI is InChI=1S/C18H19ClN4OS/c19-16-7-6-15(25-16)12-22-8-10-23(11-9-22)13-17-20-18(21-24-17)14-4-2-1-3-5-14/h1-7H,8-13H2. The second-order valence-corrected chi connectivity index (χ2v) is 7.94. The summed E-state index contributed by atoms with van der Waals surface area (Å²) >= 11 is 7.67. The molecule has 7 heteroatoms. The van der Waals surface area contributed by atoms with E-state index in [-0.39, 0.29) is 0 Å². The summed E-state index contributed by atoms with van der Waals surface area (Å²) in [5, 5.41) is 4.09. The van der Waals surface area contributed by atoms with Crippen molar-refractivity contribution in [3.63, 3.8) is 0 Å². The van der Waals surface area contributed by atoms with Crippen LogP contribution in [0.4, 0.5) is 0 Å². The topological polar surface area (TPSA) is 45.4 Å². The van der Waals surface area contributed by atoms with Crippen molar-refractivity contribution < 1.29 is 4.52 Å². The molecule has 25 heavy (non-hydrogen) atoms. The maximum atomic E-state index is 6.01. The molecule has 4 rings (SSSR count). The summed E-state index contributed by atoms with van der Waals surface area (Å²) in [6.45, 7) is 5.76. The van der Waals surface area contributed by atoms with Gasteiger partial charge < -0.3 is 4.52 Å². The fourth-order valence-corrected chi connectivity index (χ4v) is 4.11. The molecule has 0 bridgehead atoms. The first-order valence-electron chi connectivity index (χ1n) is 8.33. The highest BCUT2D eigenvalue weighted by molar-refractivity contribution is 7.16. The molecule has 5 nitrogen and oxygen atoms in total. The van der Waals surface area contributed by atoms with Crippen LogP contribution < -0.4 is 0 Å². The Morgan fingerprint density at radius 1 is 0.960 bits per heavy atom. The Bertz CT molecular complexity index is 811. The lowest BCUT2D eigenvalue weighted by molar-refractivity contribution is 0.113. The second-order valence-electron chi connectivity index (χ2n) is 6.14. The number of thiophene rings is 1. The molecule has 3 heterocycles. The van der Waals surface area contributed by atoms with Crippen molar-refractivity contribution in [2.24, 2.45) is 0 Å². The number of nitrogens with zero attached hydrogens (tertiary/aromatic N) is 4.